The maximum atomic E-state index is 13.5. The third kappa shape index (κ3) is 6.15. The molecule has 0 spiro atoms. The average molecular weight is 466 g/mol. The van der Waals surface area contributed by atoms with Crippen LogP contribution in [0.5, 0.6) is 0 Å². The highest BCUT2D eigenvalue weighted by molar-refractivity contribution is 7.18. The van der Waals surface area contributed by atoms with Gasteiger partial charge in [0.05, 0.1) is 31.8 Å². The molecule has 178 valence electrons. The molecule has 0 atom stereocenters. The molecular formula is C23H35N3O5S. The van der Waals surface area contributed by atoms with Crippen LogP contribution in [-0.4, -0.2) is 66.5 Å². The predicted octanol–water partition coefficient (Wildman–Crippen LogP) is 2.77. The first-order valence-corrected chi connectivity index (χ1v) is 12.5. The molecule has 1 aliphatic rings. The lowest BCUT2D eigenvalue weighted by atomic mass is 9.97. The second-order valence-electron chi connectivity index (χ2n) is 7.80. The normalized spacial score (nSPS) is 13.6. The van der Waals surface area contributed by atoms with Crippen LogP contribution in [0, 0.1) is 0 Å². The summed E-state index contributed by atoms with van der Waals surface area (Å²) in [4.78, 5) is 35.2. The molecule has 0 aliphatic heterocycles. The van der Waals surface area contributed by atoms with Gasteiger partial charge in [0, 0.05) is 11.5 Å². The monoisotopic (exact) mass is 465 g/mol. The first kappa shape index (κ1) is 24.8. The second-order valence-corrected chi connectivity index (χ2v) is 8.89. The smallest absolute Gasteiger partial charge is 0.326 e. The van der Waals surface area contributed by atoms with E-state index in [2.05, 4.69) is 18.7 Å². The van der Waals surface area contributed by atoms with E-state index >= 15 is 0 Å². The molecule has 0 fully saturated rings. The van der Waals surface area contributed by atoms with Crippen molar-refractivity contribution < 1.29 is 19.0 Å². The lowest BCUT2D eigenvalue weighted by Gasteiger charge is -2.20. The number of carbonyl (C=O) groups excluding carboxylic acids is 1. The van der Waals surface area contributed by atoms with Crippen LogP contribution < -0.4 is 5.56 Å². The zero-order valence-corrected chi connectivity index (χ0v) is 20.3. The lowest BCUT2D eigenvalue weighted by molar-refractivity contribution is -0.146. The molecule has 2 heterocycles. The predicted molar refractivity (Wildman–Crippen MR) is 125 cm³/mol. The molecule has 0 amide bonds. The van der Waals surface area contributed by atoms with E-state index in [1.807, 2.05) is 6.92 Å². The number of fused-ring (bicyclic) bond motifs is 3. The Kier molecular flexibility index (Phi) is 9.65. The minimum atomic E-state index is -0.452. The number of thiophene rings is 1. The summed E-state index contributed by atoms with van der Waals surface area (Å²) in [6.45, 7) is 10.2. The highest BCUT2D eigenvalue weighted by Crippen LogP contribution is 2.33. The largest absolute Gasteiger partial charge is 0.462 e. The molecule has 0 bridgehead atoms. The Balaban J connectivity index is 1.77. The van der Waals surface area contributed by atoms with Gasteiger partial charge in [-0.15, -0.1) is 11.3 Å². The summed E-state index contributed by atoms with van der Waals surface area (Å²) in [6, 6.07) is 0. The number of carbonyl (C=O) groups is 1. The van der Waals surface area contributed by atoms with Gasteiger partial charge in [-0.25, -0.2) is 4.98 Å². The Bertz CT molecular complexity index is 951. The Labute approximate surface area is 193 Å². The first-order valence-electron chi connectivity index (χ1n) is 11.7. The zero-order valence-electron chi connectivity index (χ0n) is 19.5. The first-order chi connectivity index (χ1) is 15.6. The van der Waals surface area contributed by atoms with Crippen molar-refractivity contribution in [2.75, 3.05) is 46.1 Å². The Morgan fingerprint density at radius 1 is 1.06 bits per heavy atom. The molecule has 2 aromatic heterocycles. The van der Waals surface area contributed by atoms with Crippen LogP contribution in [0.3, 0.4) is 0 Å². The number of aryl methyl sites for hydroxylation is 2. The van der Waals surface area contributed by atoms with Gasteiger partial charge in [-0.2, -0.15) is 0 Å². The quantitative estimate of drug-likeness (QED) is 0.332. The van der Waals surface area contributed by atoms with E-state index in [0.717, 1.165) is 49.2 Å². The molecule has 0 unspecified atom stereocenters. The Morgan fingerprint density at radius 2 is 1.78 bits per heavy atom. The molecule has 0 saturated carbocycles. The van der Waals surface area contributed by atoms with E-state index in [4.69, 9.17) is 19.2 Å². The Morgan fingerprint density at radius 3 is 2.53 bits per heavy atom. The number of hydrogen-bond donors (Lipinski definition) is 0. The maximum absolute atomic E-state index is 13.5. The number of hydrogen-bond acceptors (Lipinski definition) is 8. The van der Waals surface area contributed by atoms with Gasteiger partial charge in [-0.3, -0.25) is 19.1 Å². The molecular weight excluding hydrogens is 430 g/mol. The van der Waals surface area contributed by atoms with Gasteiger partial charge < -0.3 is 14.2 Å². The van der Waals surface area contributed by atoms with Crippen LogP contribution in [0.25, 0.3) is 10.2 Å². The lowest BCUT2D eigenvalue weighted by Crippen LogP contribution is -2.33. The van der Waals surface area contributed by atoms with Crippen molar-refractivity contribution in [3.8, 4) is 0 Å². The summed E-state index contributed by atoms with van der Waals surface area (Å²) >= 11 is 1.64. The summed E-state index contributed by atoms with van der Waals surface area (Å²) in [5.74, 6) is 0.168. The van der Waals surface area contributed by atoms with Crippen molar-refractivity contribution in [3.63, 3.8) is 0 Å². The van der Waals surface area contributed by atoms with Gasteiger partial charge in [0.1, 0.15) is 23.8 Å². The van der Waals surface area contributed by atoms with Gasteiger partial charge in [-0.1, -0.05) is 13.8 Å². The van der Waals surface area contributed by atoms with Crippen molar-refractivity contribution in [3.05, 3.63) is 26.6 Å². The fourth-order valence-electron chi connectivity index (χ4n) is 3.96. The molecule has 9 heteroatoms. The van der Waals surface area contributed by atoms with Gasteiger partial charge >= 0.3 is 5.97 Å². The number of aromatic nitrogens is 2. The van der Waals surface area contributed by atoms with Gasteiger partial charge in [0.25, 0.3) is 5.56 Å². The van der Waals surface area contributed by atoms with Crippen molar-refractivity contribution in [2.45, 2.75) is 59.5 Å². The van der Waals surface area contributed by atoms with E-state index in [0.29, 0.717) is 44.2 Å². The fourth-order valence-corrected chi connectivity index (χ4v) is 5.24. The van der Waals surface area contributed by atoms with Crippen LogP contribution in [0.2, 0.25) is 0 Å². The minimum Gasteiger partial charge on any atom is -0.462 e. The maximum Gasteiger partial charge on any atom is 0.326 e. The number of ether oxygens (including phenoxy) is 3. The van der Waals surface area contributed by atoms with E-state index in [1.165, 1.54) is 9.44 Å². The number of nitrogens with zero attached hydrogens (tertiary/aromatic N) is 3. The van der Waals surface area contributed by atoms with Crippen LogP contribution in [0.15, 0.2) is 4.79 Å². The topological polar surface area (TPSA) is 82.9 Å². The van der Waals surface area contributed by atoms with Crippen molar-refractivity contribution in [1.29, 1.82) is 0 Å². The molecule has 32 heavy (non-hydrogen) atoms. The molecule has 2 aromatic rings. The van der Waals surface area contributed by atoms with E-state index < -0.39 is 5.97 Å². The van der Waals surface area contributed by atoms with E-state index in [1.54, 1.807) is 11.3 Å². The summed E-state index contributed by atoms with van der Waals surface area (Å²) in [6.07, 6.45) is 4.15. The summed E-state index contributed by atoms with van der Waals surface area (Å²) in [7, 11) is 0. The molecule has 1 aliphatic carbocycles. The standard InChI is InChI=1S/C23H35N3O5S/c1-4-25(5-2)15-19-24-22-21(17-9-7-8-10-18(17)32-22)23(28)26(19)16-20(27)31-14-13-30-12-11-29-6-3/h4-16H2,1-3H3. The molecule has 8 nitrogen and oxygen atoms in total. The van der Waals surface area contributed by atoms with Crippen LogP contribution in [-0.2, 0) is 44.9 Å². The van der Waals surface area contributed by atoms with E-state index in [-0.39, 0.29) is 18.7 Å². The van der Waals surface area contributed by atoms with Crippen molar-refractivity contribution in [2.24, 2.45) is 0 Å². The third-order valence-electron chi connectivity index (χ3n) is 5.77. The zero-order chi connectivity index (χ0) is 22.9. The average Bonchev–Trinajstić information content (AvgIpc) is 3.17. The summed E-state index contributed by atoms with van der Waals surface area (Å²) in [5.41, 5.74) is 1.01. The van der Waals surface area contributed by atoms with Gasteiger partial charge in [0.2, 0.25) is 0 Å². The van der Waals surface area contributed by atoms with Crippen molar-refractivity contribution in [1.82, 2.24) is 14.5 Å². The van der Waals surface area contributed by atoms with Gasteiger partial charge in [0.15, 0.2) is 0 Å². The number of rotatable bonds is 13. The highest BCUT2D eigenvalue weighted by Gasteiger charge is 2.23. The van der Waals surface area contributed by atoms with Crippen LogP contribution in [0.1, 0.15) is 49.9 Å². The molecule has 0 aromatic carbocycles. The fraction of sp³-hybridized carbons (Fsp3) is 0.696. The molecule has 0 N–H and O–H groups in total. The molecule has 0 saturated heterocycles. The highest BCUT2D eigenvalue weighted by atomic mass is 32.1. The van der Waals surface area contributed by atoms with Gasteiger partial charge in [-0.05, 0) is 51.3 Å². The van der Waals surface area contributed by atoms with Crippen LogP contribution >= 0.6 is 11.3 Å². The van der Waals surface area contributed by atoms with E-state index in [9.17, 15) is 9.59 Å². The van der Waals surface area contributed by atoms with Crippen LogP contribution in [0.4, 0.5) is 0 Å². The molecule has 3 rings (SSSR count). The summed E-state index contributed by atoms with van der Waals surface area (Å²) in [5, 5.41) is 0.694. The molecule has 0 radical (unpaired) electrons. The summed E-state index contributed by atoms with van der Waals surface area (Å²) < 4.78 is 17.4. The Hall–Kier alpha value is -1.81. The van der Waals surface area contributed by atoms with Crippen molar-refractivity contribution >= 4 is 27.5 Å². The SMILES string of the molecule is CCOCCOCCOC(=O)Cn1c(CN(CC)CC)nc2sc3c(c2c1=O)CCCC3. The minimum absolute atomic E-state index is 0.124. The number of esters is 1. The second kappa shape index (κ2) is 12.4. The third-order valence-corrected chi connectivity index (χ3v) is 6.95.